The molecule has 5 N–H and O–H groups in total. The van der Waals surface area contributed by atoms with E-state index in [-0.39, 0.29) is 12.1 Å². The molecule has 0 aromatic heterocycles. The van der Waals surface area contributed by atoms with Gasteiger partial charge in [0.1, 0.15) is 0 Å². The number of benzene rings is 1. The van der Waals surface area contributed by atoms with Crippen LogP contribution in [0, 0.1) is 5.92 Å². The molecule has 110 valence electrons. The minimum absolute atomic E-state index is 0.156. The van der Waals surface area contributed by atoms with Gasteiger partial charge in [-0.2, -0.15) is 0 Å². The Morgan fingerprint density at radius 2 is 2.10 bits per heavy atom. The Labute approximate surface area is 119 Å². The lowest BCUT2D eigenvalue weighted by atomic mass is 10.0. The van der Waals surface area contributed by atoms with Crippen LogP contribution in [0.1, 0.15) is 37.8 Å². The molecule has 0 spiro atoms. The molecule has 1 aliphatic rings. The quantitative estimate of drug-likeness (QED) is 0.663. The molecule has 0 heterocycles. The molecule has 1 aromatic rings. The number of amides is 2. The third-order valence-electron chi connectivity index (χ3n) is 3.98. The van der Waals surface area contributed by atoms with Crippen molar-refractivity contribution >= 4 is 11.7 Å². The van der Waals surface area contributed by atoms with Gasteiger partial charge in [0.05, 0.1) is 6.10 Å². The Kier molecular flexibility index (Phi) is 4.98. The van der Waals surface area contributed by atoms with Crippen molar-refractivity contribution < 1.29 is 9.90 Å². The first kappa shape index (κ1) is 14.8. The van der Waals surface area contributed by atoms with Crippen LogP contribution in [0.2, 0.25) is 0 Å². The lowest BCUT2D eigenvalue weighted by molar-refractivity contribution is 0.130. The number of aliphatic hydroxyl groups is 1. The standard InChI is InChI=1S/C15H23N3O2/c1-10(17-9-12-3-2-4-14(12)19)11-5-7-13(8-6-11)18-15(16)20/h5-8,10,12,14,17,19H,2-4,9H2,1H3,(H3,16,18,20). The Bertz CT molecular complexity index is 447. The van der Waals surface area contributed by atoms with Crippen molar-refractivity contribution in [2.75, 3.05) is 11.9 Å². The van der Waals surface area contributed by atoms with Crippen LogP contribution in [0.4, 0.5) is 10.5 Å². The summed E-state index contributed by atoms with van der Waals surface area (Å²) in [6.45, 7) is 2.93. The van der Waals surface area contributed by atoms with Crippen LogP contribution in [0.25, 0.3) is 0 Å². The second-order valence-electron chi connectivity index (χ2n) is 5.50. The van der Waals surface area contributed by atoms with Crippen LogP contribution in [-0.4, -0.2) is 23.8 Å². The molecule has 1 aliphatic carbocycles. The van der Waals surface area contributed by atoms with Crippen LogP contribution in [-0.2, 0) is 0 Å². The average molecular weight is 277 g/mol. The molecule has 5 nitrogen and oxygen atoms in total. The molecule has 1 fully saturated rings. The molecule has 20 heavy (non-hydrogen) atoms. The molecule has 3 unspecified atom stereocenters. The summed E-state index contributed by atoms with van der Waals surface area (Å²) in [5.74, 6) is 0.369. The monoisotopic (exact) mass is 277 g/mol. The van der Waals surface area contributed by atoms with E-state index < -0.39 is 6.03 Å². The van der Waals surface area contributed by atoms with Crippen molar-refractivity contribution in [1.29, 1.82) is 0 Å². The van der Waals surface area contributed by atoms with Gasteiger partial charge in [-0.05, 0) is 43.4 Å². The maximum Gasteiger partial charge on any atom is 0.316 e. The first-order chi connectivity index (χ1) is 9.56. The van der Waals surface area contributed by atoms with Gasteiger partial charge in [0.2, 0.25) is 0 Å². The van der Waals surface area contributed by atoms with Crippen LogP contribution < -0.4 is 16.4 Å². The van der Waals surface area contributed by atoms with E-state index in [1.165, 1.54) is 0 Å². The lowest BCUT2D eigenvalue weighted by Crippen LogP contribution is -2.29. The summed E-state index contributed by atoms with van der Waals surface area (Å²) in [7, 11) is 0. The minimum Gasteiger partial charge on any atom is -0.393 e. The molecule has 2 amide bonds. The maximum absolute atomic E-state index is 10.7. The van der Waals surface area contributed by atoms with Crippen molar-refractivity contribution in [3.8, 4) is 0 Å². The van der Waals surface area contributed by atoms with Gasteiger partial charge in [0.25, 0.3) is 0 Å². The summed E-state index contributed by atoms with van der Waals surface area (Å²) >= 11 is 0. The maximum atomic E-state index is 10.7. The Balaban J connectivity index is 1.85. The molecular weight excluding hydrogens is 254 g/mol. The zero-order chi connectivity index (χ0) is 14.5. The van der Waals surface area contributed by atoms with Crippen LogP contribution >= 0.6 is 0 Å². The first-order valence-corrected chi connectivity index (χ1v) is 7.14. The number of nitrogens with one attached hydrogen (secondary N) is 2. The SMILES string of the molecule is CC(NCC1CCCC1O)c1ccc(NC(N)=O)cc1. The van der Waals surface area contributed by atoms with E-state index in [1.54, 1.807) is 0 Å². The van der Waals surface area contributed by atoms with Crippen molar-refractivity contribution in [2.24, 2.45) is 11.7 Å². The second kappa shape index (κ2) is 6.72. The summed E-state index contributed by atoms with van der Waals surface area (Å²) < 4.78 is 0. The Morgan fingerprint density at radius 3 is 2.65 bits per heavy atom. The number of carbonyl (C=O) groups excluding carboxylic acids is 1. The summed E-state index contributed by atoms with van der Waals surface area (Å²) in [4.78, 5) is 10.7. The number of nitrogens with two attached hydrogens (primary N) is 1. The van der Waals surface area contributed by atoms with Crippen LogP contribution in [0.3, 0.4) is 0 Å². The molecule has 3 atom stereocenters. The van der Waals surface area contributed by atoms with Crippen molar-refractivity contribution in [3.63, 3.8) is 0 Å². The van der Waals surface area contributed by atoms with Gasteiger partial charge >= 0.3 is 6.03 Å². The number of hydrogen-bond donors (Lipinski definition) is 4. The summed E-state index contributed by atoms with van der Waals surface area (Å²) in [5.41, 5.74) is 6.91. The van der Waals surface area contributed by atoms with Crippen LogP contribution in [0.15, 0.2) is 24.3 Å². The highest BCUT2D eigenvalue weighted by Crippen LogP contribution is 2.25. The number of anilines is 1. The Morgan fingerprint density at radius 1 is 1.40 bits per heavy atom. The average Bonchev–Trinajstić information content (AvgIpc) is 2.82. The summed E-state index contributed by atoms with van der Waals surface area (Å²) in [6.07, 6.45) is 2.99. The minimum atomic E-state index is -0.556. The van der Waals surface area contributed by atoms with Gasteiger partial charge in [0, 0.05) is 18.3 Å². The molecule has 1 aromatic carbocycles. The van der Waals surface area contributed by atoms with Gasteiger partial charge in [-0.1, -0.05) is 18.6 Å². The van der Waals surface area contributed by atoms with E-state index in [4.69, 9.17) is 5.73 Å². The van der Waals surface area contributed by atoms with Gasteiger partial charge in [-0.25, -0.2) is 4.79 Å². The molecule has 5 heteroatoms. The van der Waals surface area contributed by atoms with Crippen molar-refractivity contribution in [3.05, 3.63) is 29.8 Å². The number of primary amides is 1. The molecular formula is C15H23N3O2. The van der Waals surface area contributed by atoms with Gasteiger partial charge in [-0.15, -0.1) is 0 Å². The topological polar surface area (TPSA) is 87.4 Å². The summed E-state index contributed by atoms with van der Waals surface area (Å²) in [5, 5.41) is 15.8. The zero-order valence-corrected chi connectivity index (χ0v) is 11.8. The number of urea groups is 1. The fraction of sp³-hybridized carbons (Fsp3) is 0.533. The predicted octanol–water partition coefficient (Wildman–Crippen LogP) is 1.99. The second-order valence-corrected chi connectivity index (χ2v) is 5.50. The normalized spacial score (nSPS) is 23.5. The molecule has 1 saturated carbocycles. The number of aliphatic hydroxyl groups excluding tert-OH is 1. The van der Waals surface area contributed by atoms with Crippen molar-refractivity contribution in [2.45, 2.75) is 38.3 Å². The highest BCUT2D eigenvalue weighted by Gasteiger charge is 2.25. The van der Waals surface area contributed by atoms with Crippen molar-refractivity contribution in [1.82, 2.24) is 5.32 Å². The fourth-order valence-electron chi connectivity index (χ4n) is 2.70. The third kappa shape index (κ3) is 3.95. The van der Waals surface area contributed by atoms with E-state index in [0.717, 1.165) is 31.4 Å². The Hall–Kier alpha value is -1.59. The summed E-state index contributed by atoms with van der Waals surface area (Å²) in [6, 6.07) is 7.26. The fourth-order valence-corrected chi connectivity index (χ4v) is 2.70. The highest BCUT2D eigenvalue weighted by molar-refractivity contribution is 5.87. The number of rotatable bonds is 5. The third-order valence-corrected chi connectivity index (χ3v) is 3.98. The molecule has 0 saturated heterocycles. The predicted molar refractivity (Wildman–Crippen MR) is 79.4 cm³/mol. The van der Waals surface area contributed by atoms with Crippen LogP contribution in [0.5, 0.6) is 0 Å². The number of hydrogen-bond acceptors (Lipinski definition) is 3. The smallest absolute Gasteiger partial charge is 0.316 e. The molecule has 0 radical (unpaired) electrons. The van der Waals surface area contributed by atoms with E-state index in [1.807, 2.05) is 24.3 Å². The van der Waals surface area contributed by atoms with E-state index in [2.05, 4.69) is 17.6 Å². The lowest BCUT2D eigenvalue weighted by Gasteiger charge is -2.20. The van der Waals surface area contributed by atoms with Gasteiger partial charge in [0.15, 0.2) is 0 Å². The first-order valence-electron chi connectivity index (χ1n) is 7.14. The molecule has 0 bridgehead atoms. The largest absolute Gasteiger partial charge is 0.393 e. The van der Waals surface area contributed by atoms with E-state index in [9.17, 15) is 9.90 Å². The number of carbonyl (C=O) groups is 1. The molecule has 2 rings (SSSR count). The highest BCUT2D eigenvalue weighted by atomic mass is 16.3. The van der Waals surface area contributed by atoms with Gasteiger partial charge in [-0.3, -0.25) is 0 Å². The zero-order valence-electron chi connectivity index (χ0n) is 11.8. The van der Waals surface area contributed by atoms with E-state index >= 15 is 0 Å². The van der Waals surface area contributed by atoms with E-state index in [0.29, 0.717) is 11.6 Å². The van der Waals surface area contributed by atoms with Gasteiger partial charge < -0.3 is 21.5 Å². The molecule has 0 aliphatic heterocycles.